The first-order valence-corrected chi connectivity index (χ1v) is 5.70. The second kappa shape index (κ2) is 5.85. The molecular weight excluding hydrogens is 205 g/mol. The summed E-state index contributed by atoms with van der Waals surface area (Å²) >= 11 is 0. The Morgan fingerprint density at radius 2 is 2.06 bits per heavy atom. The van der Waals surface area contributed by atoms with Crippen LogP contribution >= 0.6 is 0 Å². The van der Waals surface area contributed by atoms with Crippen LogP contribution in [0.5, 0.6) is 5.75 Å². The molecule has 1 aromatic rings. The lowest BCUT2D eigenvalue weighted by Gasteiger charge is -2.22. The molecule has 0 aliphatic carbocycles. The quantitative estimate of drug-likeness (QED) is 0.832. The Morgan fingerprint density at radius 1 is 1.38 bits per heavy atom. The van der Waals surface area contributed by atoms with Crippen molar-refractivity contribution in [2.45, 2.75) is 39.8 Å². The van der Waals surface area contributed by atoms with Crippen LogP contribution in [0, 0.1) is 12.7 Å². The van der Waals surface area contributed by atoms with E-state index in [9.17, 15) is 4.39 Å². The van der Waals surface area contributed by atoms with Crippen LogP contribution in [0.15, 0.2) is 18.2 Å². The maximum absolute atomic E-state index is 13.4. The van der Waals surface area contributed by atoms with Gasteiger partial charge in [0.2, 0.25) is 0 Å². The molecule has 2 atom stereocenters. The highest BCUT2D eigenvalue weighted by molar-refractivity contribution is 5.29. The molecule has 0 aliphatic rings. The van der Waals surface area contributed by atoms with Crippen LogP contribution in [0.25, 0.3) is 0 Å². The van der Waals surface area contributed by atoms with Crippen molar-refractivity contribution < 1.29 is 9.13 Å². The number of aryl methyl sites for hydroxylation is 1. The van der Waals surface area contributed by atoms with Gasteiger partial charge >= 0.3 is 0 Å². The molecule has 1 rings (SSSR count). The second-order valence-electron chi connectivity index (χ2n) is 4.10. The normalized spacial score (nSPS) is 14.6. The minimum Gasteiger partial charge on any atom is -0.486 e. The molecule has 0 spiro atoms. The van der Waals surface area contributed by atoms with Crippen LogP contribution < -0.4 is 10.1 Å². The van der Waals surface area contributed by atoms with E-state index >= 15 is 0 Å². The Balaban J connectivity index is 2.68. The molecule has 1 aromatic carbocycles. The molecular formula is C13H20FNO. The maximum atomic E-state index is 13.4. The molecule has 2 nitrogen and oxygen atoms in total. The zero-order valence-corrected chi connectivity index (χ0v) is 10.4. The van der Waals surface area contributed by atoms with Gasteiger partial charge in [0.05, 0.1) is 0 Å². The number of hydrogen-bond acceptors (Lipinski definition) is 2. The van der Waals surface area contributed by atoms with E-state index in [2.05, 4.69) is 5.32 Å². The van der Waals surface area contributed by atoms with Crippen LogP contribution in [0.1, 0.15) is 26.3 Å². The average Bonchev–Trinajstić information content (AvgIpc) is 2.23. The van der Waals surface area contributed by atoms with E-state index in [0.29, 0.717) is 5.75 Å². The van der Waals surface area contributed by atoms with Crippen LogP contribution in [0.3, 0.4) is 0 Å². The molecule has 0 fully saturated rings. The molecule has 0 amide bonds. The van der Waals surface area contributed by atoms with Gasteiger partial charge in [-0.25, -0.2) is 4.39 Å². The fourth-order valence-electron chi connectivity index (χ4n) is 1.49. The van der Waals surface area contributed by atoms with Gasteiger partial charge in [0, 0.05) is 6.04 Å². The first-order chi connectivity index (χ1) is 7.54. The third-order valence-electron chi connectivity index (χ3n) is 2.63. The molecule has 0 heterocycles. The van der Waals surface area contributed by atoms with Gasteiger partial charge in [-0.3, -0.25) is 0 Å². The number of rotatable bonds is 5. The maximum Gasteiger partial charge on any atom is 0.165 e. The summed E-state index contributed by atoms with van der Waals surface area (Å²) in [6.45, 7) is 8.81. The van der Waals surface area contributed by atoms with Gasteiger partial charge in [-0.15, -0.1) is 0 Å². The standard InChI is InChI=1S/C13H20FNO/c1-5-15-10(3)11(4)16-13-8-9(2)6-7-12(13)14/h6-8,10-11,15H,5H2,1-4H3. The molecule has 2 unspecified atom stereocenters. The van der Waals surface area contributed by atoms with Crippen LogP contribution in [0.2, 0.25) is 0 Å². The van der Waals surface area contributed by atoms with Crippen molar-refractivity contribution in [2.24, 2.45) is 0 Å². The van der Waals surface area contributed by atoms with Crippen molar-refractivity contribution in [3.05, 3.63) is 29.6 Å². The van der Waals surface area contributed by atoms with E-state index < -0.39 is 0 Å². The number of nitrogens with one attached hydrogen (secondary N) is 1. The second-order valence-corrected chi connectivity index (χ2v) is 4.10. The predicted molar refractivity (Wildman–Crippen MR) is 64.4 cm³/mol. The number of halogens is 1. The highest BCUT2D eigenvalue weighted by Crippen LogP contribution is 2.20. The summed E-state index contributed by atoms with van der Waals surface area (Å²) in [5, 5.41) is 3.25. The van der Waals surface area contributed by atoms with Crippen molar-refractivity contribution in [3.63, 3.8) is 0 Å². The summed E-state index contributed by atoms with van der Waals surface area (Å²) in [4.78, 5) is 0. The Hall–Kier alpha value is -1.09. The third-order valence-corrected chi connectivity index (χ3v) is 2.63. The van der Waals surface area contributed by atoms with Crippen LogP contribution in [-0.4, -0.2) is 18.7 Å². The molecule has 0 bridgehead atoms. The van der Waals surface area contributed by atoms with Crippen molar-refractivity contribution >= 4 is 0 Å². The van der Waals surface area contributed by atoms with Crippen LogP contribution in [-0.2, 0) is 0 Å². The molecule has 0 radical (unpaired) electrons. The monoisotopic (exact) mass is 225 g/mol. The number of hydrogen-bond donors (Lipinski definition) is 1. The lowest BCUT2D eigenvalue weighted by molar-refractivity contribution is 0.172. The Labute approximate surface area is 96.8 Å². The topological polar surface area (TPSA) is 21.3 Å². The number of benzene rings is 1. The number of likely N-dealkylation sites (N-methyl/N-ethyl adjacent to an activating group) is 1. The molecule has 3 heteroatoms. The zero-order chi connectivity index (χ0) is 12.1. The van der Waals surface area contributed by atoms with Gasteiger partial charge in [0.15, 0.2) is 11.6 Å². The lowest BCUT2D eigenvalue weighted by Crippen LogP contribution is -2.38. The molecule has 0 aromatic heterocycles. The zero-order valence-electron chi connectivity index (χ0n) is 10.4. The lowest BCUT2D eigenvalue weighted by atomic mass is 10.2. The molecule has 1 N–H and O–H groups in total. The fraction of sp³-hybridized carbons (Fsp3) is 0.538. The van der Waals surface area contributed by atoms with E-state index in [1.807, 2.05) is 27.7 Å². The largest absolute Gasteiger partial charge is 0.486 e. The van der Waals surface area contributed by atoms with Crippen molar-refractivity contribution in [3.8, 4) is 5.75 Å². The molecule has 0 saturated carbocycles. The smallest absolute Gasteiger partial charge is 0.165 e. The minimum atomic E-state index is -0.304. The third kappa shape index (κ3) is 3.49. The van der Waals surface area contributed by atoms with Crippen LogP contribution in [0.4, 0.5) is 4.39 Å². The molecule has 90 valence electrons. The van der Waals surface area contributed by atoms with Crippen molar-refractivity contribution in [1.29, 1.82) is 0 Å². The highest BCUT2D eigenvalue weighted by atomic mass is 19.1. The van der Waals surface area contributed by atoms with Gasteiger partial charge in [-0.1, -0.05) is 13.0 Å². The van der Waals surface area contributed by atoms with Gasteiger partial charge in [-0.2, -0.15) is 0 Å². The SMILES string of the molecule is CCNC(C)C(C)Oc1cc(C)ccc1F. The predicted octanol–water partition coefficient (Wildman–Crippen LogP) is 2.90. The highest BCUT2D eigenvalue weighted by Gasteiger charge is 2.14. The fourth-order valence-corrected chi connectivity index (χ4v) is 1.49. The van der Waals surface area contributed by atoms with E-state index in [0.717, 1.165) is 12.1 Å². The summed E-state index contributed by atoms with van der Waals surface area (Å²) in [6, 6.07) is 5.10. The van der Waals surface area contributed by atoms with Gasteiger partial charge in [0.1, 0.15) is 6.10 Å². The first kappa shape index (κ1) is 13.0. The van der Waals surface area contributed by atoms with E-state index in [1.54, 1.807) is 12.1 Å². The van der Waals surface area contributed by atoms with E-state index in [-0.39, 0.29) is 18.0 Å². The van der Waals surface area contributed by atoms with Gasteiger partial charge < -0.3 is 10.1 Å². The summed E-state index contributed by atoms with van der Waals surface area (Å²) < 4.78 is 19.0. The van der Waals surface area contributed by atoms with Gasteiger partial charge in [0.25, 0.3) is 0 Å². The Bertz CT molecular complexity index is 341. The molecule has 0 saturated heterocycles. The average molecular weight is 225 g/mol. The molecule has 0 aliphatic heterocycles. The van der Waals surface area contributed by atoms with Crippen molar-refractivity contribution in [2.75, 3.05) is 6.54 Å². The molecule has 16 heavy (non-hydrogen) atoms. The summed E-state index contributed by atoms with van der Waals surface area (Å²) in [5.74, 6) is 0.0263. The Morgan fingerprint density at radius 3 is 2.69 bits per heavy atom. The first-order valence-electron chi connectivity index (χ1n) is 5.70. The van der Waals surface area contributed by atoms with E-state index in [4.69, 9.17) is 4.74 Å². The summed E-state index contributed by atoms with van der Waals surface area (Å²) in [6.07, 6.45) is -0.0590. The summed E-state index contributed by atoms with van der Waals surface area (Å²) in [7, 11) is 0. The van der Waals surface area contributed by atoms with Gasteiger partial charge in [-0.05, 0) is 45.0 Å². The van der Waals surface area contributed by atoms with E-state index in [1.165, 1.54) is 6.07 Å². The number of ether oxygens (including phenoxy) is 1. The minimum absolute atomic E-state index is 0.0590. The Kier molecular flexibility index (Phi) is 4.74. The summed E-state index contributed by atoms with van der Waals surface area (Å²) in [5.41, 5.74) is 1.000. The van der Waals surface area contributed by atoms with Crippen molar-refractivity contribution in [1.82, 2.24) is 5.32 Å².